The number of hydrogen-bond acceptors (Lipinski definition) is 7. The molecule has 1 aliphatic carbocycles. The molecule has 0 aromatic heterocycles. The van der Waals surface area contributed by atoms with Crippen LogP contribution in [-0.4, -0.2) is 49.7 Å². The number of ether oxygens (including phenoxy) is 6. The van der Waals surface area contributed by atoms with Crippen molar-refractivity contribution in [2.24, 2.45) is 0 Å². The summed E-state index contributed by atoms with van der Waals surface area (Å²) in [5.41, 5.74) is 1.44. The first-order valence-corrected chi connectivity index (χ1v) is 11.2. The molecule has 3 aliphatic rings. The molecule has 7 nitrogen and oxygen atoms in total. The molecule has 2 aromatic carbocycles. The predicted molar refractivity (Wildman–Crippen MR) is 120 cm³/mol. The molecule has 5 rings (SSSR count). The monoisotopic (exact) mass is 454 g/mol. The minimum Gasteiger partial charge on any atom is -0.497 e. The highest BCUT2D eigenvalue weighted by Crippen LogP contribution is 2.49. The third-order valence-electron chi connectivity index (χ3n) is 6.58. The Kier molecular flexibility index (Phi) is 5.82. The second-order valence-corrected chi connectivity index (χ2v) is 9.09. The van der Waals surface area contributed by atoms with E-state index in [0.717, 1.165) is 22.6 Å². The van der Waals surface area contributed by atoms with Gasteiger partial charge in [0.2, 0.25) is 6.79 Å². The Balaban J connectivity index is 1.45. The third kappa shape index (κ3) is 4.10. The van der Waals surface area contributed by atoms with E-state index >= 15 is 0 Å². The van der Waals surface area contributed by atoms with Crippen LogP contribution < -0.4 is 14.2 Å². The van der Waals surface area contributed by atoms with Gasteiger partial charge in [-0.1, -0.05) is 30.4 Å². The van der Waals surface area contributed by atoms with Crippen LogP contribution in [0.2, 0.25) is 0 Å². The van der Waals surface area contributed by atoms with Crippen LogP contribution in [0.5, 0.6) is 17.2 Å². The highest BCUT2D eigenvalue weighted by Gasteiger charge is 2.56. The number of aliphatic hydroxyl groups excluding tert-OH is 1. The van der Waals surface area contributed by atoms with Gasteiger partial charge >= 0.3 is 0 Å². The lowest BCUT2D eigenvalue weighted by atomic mass is 9.67. The van der Waals surface area contributed by atoms with Crippen molar-refractivity contribution < 1.29 is 33.5 Å². The van der Waals surface area contributed by atoms with Crippen LogP contribution in [0.25, 0.3) is 0 Å². The lowest BCUT2D eigenvalue weighted by Gasteiger charge is -2.43. The van der Waals surface area contributed by atoms with Crippen molar-refractivity contribution in [2.45, 2.75) is 56.4 Å². The van der Waals surface area contributed by atoms with Crippen molar-refractivity contribution in [2.75, 3.05) is 20.5 Å². The first-order valence-electron chi connectivity index (χ1n) is 11.2. The zero-order valence-electron chi connectivity index (χ0n) is 19.2. The lowest BCUT2D eigenvalue weighted by Crippen LogP contribution is -2.52. The van der Waals surface area contributed by atoms with E-state index < -0.39 is 11.2 Å². The fourth-order valence-electron chi connectivity index (χ4n) is 4.96. The van der Waals surface area contributed by atoms with E-state index in [4.69, 9.17) is 28.4 Å². The summed E-state index contributed by atoms with van der Waals surface area (Å²) in [6, 6.07) is 13.7. The maximum absolute atomic E-state index is 10.0. The minimum absolute atomic E-state index is 0.00314. The molecule has 0 radical (unpaired) electrons. The average molecular weight is 455 g/mol. The van der Waals surface area contributed by atoms with Crippen molar-refractivity contribution in [1.29, 1.82) is 0 Å². The first kappa shape index (κ1) is 22.2. The summed E-state index contributed by atoms with van der Waals surface area (Å²) in [6.07, 6.45) is 3.65. The molecular formula is C26H30O7. The van der Waals surface area contributed by atoms with Gasteiger partial charge in [0.05, 0.1) is 13.7 Å². The summed E-state index contributed by atoms with van der Waals surface area (Å²) in [5, 5.41) is 10.0. The molecule has 1 N–H and O–H groups in total. The second kappa shape index (κ2) is 8.65. The van der Waals surface area contributed by atoms with Crippen LogP contribution in [-0.2, 0) is 26.2 Å². The van der Waals surface area contributed by atoms with Crippen LogP contribution in [0, 0.1) is 0 Å². The molecule has 0 saturated carbocycles. The highest BCUT2D eigenvalue weighted by atomic mass is 16.8. The van der Waals surface area contributed by atoms with Crippen molar-refractivity contribution >= 4 is 0 Å². The van der Waals surface area contributed by atoms with Crippen LogP contribution in [0.15, 0.2) is 54.6 Å². The zero-order valence-corrected chi connectivity index (χ0v) is 19.2. The van der Waals surface area contributed by atoms with Gasteiger partial charge in [-0.05, 0) is 55.7 Å². The zero-order chi connectivity index (χ0) is 23.1. The summed E-state index contributed by atoms with van der Waals surface area (Å²) in [7, 11) is 1.65. The van der Waals surface area contributed by atoms with Crippen molar-refractivity contribution in [3.05, 3.63) is 65.7 Å². The van der Waals surface area contributed by atoms with E-state index in [0.29, 0.717) is 18.8 Å². The molecule has 0 spiro atoms. The van der Waals surface area contributed by atoms with Gasteiger partial charge in [0.15, 0.2) is 17.3 Å². The van der Waals surface area contributed by atoms with Gasteiger partial charge in [0.25, 0.3) is 0 Å². The van der Waals surface area contributed by atoms with Gasteiger partial charge in [-0.15, -0.1) is 0 Å². The van der Waals surface area contributed by atoms with E-state index in [1.54, 1.807) is 7.11 Å². The van der Waals surface area contributed by atoms with E-state index in [1.165, 1.54) is 0 Å². The normalized spacial score (nSPS) is 29.2. The maximum Gasteiger partial charge on any atom is 0.231 e. The van der Waals surface area contributed by atoms with Crippen molar-refractivity contribution in [3.63, 3.8) is 0 Å². The molecular weight excluding hydrogens is 424 g/mol. The standard InChI is InChI=1S/C26H30O7/c1-25(2)32-23-21(29-15-17-4-7-19(28-3)8-5-17)10-11-26(12-13-27,24(23)33-25)18-6-9-20-22(14-18)31-16-30-20/h4-11,14,21,23-24,27H,12-13,15-16H2,1-3H3/t21-,23+,24+,26-/m1/s1. The Bertz CT molecular complexity index is 1020. The van der Waals surface area contributed by atoms with Crippen molar-refractivity contribution in [3.8, 4) is 17.2 Å². The molecule has 176 valence electrons. The van der Waals surface area contributed by atoms with Gasteiger partial charge < -0.3 is 33.5 Å². The molecule has 7 heteroatoms. The van der Waals surface area contributed by atoms with Gasteiger partial charge in [-0.2, -0.15) is 0 Å². The summed E-state index contributed by atoms with van der Waals surface area (Å²) in [5.74, 6) is 1.45. The average Bonchev–Trinajstić information content (AvgIpc) is 3.42. The summed E-state index contributed by atoms with van der Waals surface area (Å²) in [4.78, 5) is 0. The Morgan fingerprint density at radius 1 is 1.03 bits per heavy atom. The van der Waals surface area contributed by atoms with E-state index in [9.17, 15) is 5.11 Å². The van der Waals surface area contributed by atoms with Gasteiger partial charge in [0, 0.05) is 12.0 Å². The van der Waals surface area contributed by atoms with Crippen LogP contribution in [0.4, 0.5) is 0 Å². The summed E-state index contributed by atoms with van der Waals surface area (Å²) >= 11 is 0. The lowest BCUT2D eigenvalue weighted by molar-refractivity contribution is -0.157. The fraction of sp³-hybridized carbons (Fsp3) is 0.462. The summed E-state index contributed by atoms with van der Waals surface area (Å²) < 4.78 is 35.4. The van der Waals surface area contributed by atoms with Crippen LogP contribution >= 0.6 is 0 Å². The molecule has 1 saturated heterocycles. The molecule has 2 aliphatic heterocycles. The SMILES string of the molecule is COc1ccc(CO[C@@H]2C=C[C@@](CCO)(c3ccc4c(c3)OCO4)[C@H]3OC(C)(C)O[C@@H]23)cc1. The van der Waals surface area contributed by atoms with Crippen LogP contribution in [0.1, 0.15) is 31.4 Å². The molecule has 4 atom stereocenters. The Morgan fingerprint density at radius 3 is 2.58 bits per heavy atom. The highest BCUT2D eigenvalue weighted by molar-refractivity contribution is 5.49. The number of benzene rings is 2. The number of methoxy groups -OCH3 is 1. The number of aliphatic hydroxyl groups is 1. The van der Waals surface area contributed by atoms with Crippen LogP contribution in [0.3, 0.4) is 0 Å². The smallest absolute Gasteiger partial charge is 0.231 e. The topological polar surface area (TPSA) is 75.6 Å². The quantitative estimate of drug-likeness (QED) is 0.639. The minimum atomic E-state index is -0.778. The number of hydrogen-bond donors (Lipinski definition) is 1. The van der Waals surface area contributed by atoms with Gasteiger partial charge in [0.1, 0.15) is 24.1 Å². The van der Waals surface area contributed by atoms with Gasteiger partial charge in [-0.3, -0.25) is 0 Å². The molecule has 2 heterocycles. The molecule has 1 fully saturated rings. The predicted octanol–water partition coefficient (Wildman–Crippen LogP) is 3.72. The first-order chi connectivity index (χ1) is 15.9. The summed E-state index contributed by atoms with van der Waals surface area (Å²) in [6.45, 7) is 4.47. The molecule has 0 bridgehead atoms. The number of fused-ring (bicyclic) bond motifs is 2. The van der Waals surface area contributed by atoms with E-state index in [-0.39, 0.29) is 31.7 Å². The maximum atomic E-state index is 10.0. The largest absolute Gasteiger partial charge is 0.497 e. The molecule has 0 amide bonds. The molecule has 2 aromatic rings. The fourth-order valence-corrected chi connectivity index (χ4v) is 4.96. The van der Waals surface area contributed by atoms with Crippen molar-refractivity contribution in [1.82, 2.24) is 0 Å². The number of rotatable bonds is 7. The Morgan fingerprint density at radius 2 is 1.82 bits per heavy atom. The van der Waals surface area contributed by atoms with E-state index in [2.05, 4.69) is 6.08 Å². The Labute approximate surface area is 193 Å². The Hall–Kier alpha value is -2.58. The third-order valence-corrected chi connectivity index (χ3v) is 6.58. The van der Waals surface area contributed by atoms with E-state index in [1.807, 2.05) is 62.4 Å². The molecule has 0 unspecified atom stereocenters. The van der Waals surface area contributed by atoms with Gasteiger partial charge in [-0.25, -0.2) is 0 Å². The second-order valence-electron chi connectivity index (χ2n) is 9.09. The molecule has 33 heavy (non-hydrogen) atoms.